The fourth-order valence-electron chi connectivity index (χ4n) is 8.83. The molecule has 0 spiro atoms. The van der Waals surface area contributed by atoms with E-state index in [1.54, 1.807) is 0 Å². The fourth-order valence-corrected chi connectivity index (χ4v) is 8.83. The Hall–Kier alpha value is -6.45. The summed E-state index contributed by atoms with van der Waals surface area (Å²) in [5, 5.41) is 4.97. The summed E-state index contributed by atoms with van der Waals surface area (Å²) in [5.74, 6) is 0.771. The van der Waals surface area contributed by atoms with Gasteiger partial charge in [0.1, 0.15) is 0 Å². The lowest BCUT2D eigenvalue weighted by molar-refractivity contribution is 0.395. The number of rotatable bonds is 4. The van der Waals surface area contributed by atoms with Crippen LogP contribution in [0, 0.1) is 5.92 Å². The Morgan fingerprint density at radius 1 is 0.673 bits per heavy atom. The topological polar surface area (TPSA) is 43.8 Å². The van der Waals surface area contributed by atoms with Gasteiger partial charge in [0, 0.05) is 40.2 Å². The van der Waals surface area contributed by atoms with Crippen LogP contribution in [-0.2, 0) is 5.41 Å². The molecule has 0 fully saturated rings. The first-order valence-corrected chi connectivity index (χ1v) is 19.4. The van der Waals surface area contributed by atoms with Crippen molar-refractivity contribution >= 4 is 38.2 Å². The highest BCUT2D eigenvalue weighted by atomic mass is 15.0. The summed E-state index contributed by atoms with van der Waals surface area (Å²) < 4.78 is 2.41. The van der Waals surface area contributed by atoms with Crippen LogP contribution in [0.25, 0.3) is 66.1 Å². The third kappa shape index (κ3) is 6.16. The van der Waals surface area contributed by atoms with E-state index in [1.165, 1.54) is 89.0 Å². The molecule has 0 saturated heterocycles. The van der Waals surface area contributed by atoms with E-state index in [-0.39, 0.29) is 5.41 Å². The molecule has 270 valence electrons. The van der Waals surface area contributed by atoms with Gasteiger partial charge >= 0.3 is 0 Å². The molecule has 0 radical (unpaired) electrons. The van der Waals surface area contributed by atoms with Gasteiger partial charge in [-0.2, -0.15) is 0 Å². The maximum Gasteiger partial charge on any atom is 0.0541 e. The van der Waals surface area contributed by atoms with Crippen LogP contribution >= 0.6 is 0 Å². The predicted molar refractivity (Wildman–Crippen MR) is 236 cm³/mol. The van der Waals surface area contributed by atoms with Crippen LogP contribution in [0.1, 0.15) is 50.3 Å². The quantitative estimate of drug-likeness (QED) is 0.197. The zero-order chi connectivity index (χ0) is 38.1. The number of allylic oxidation sites excluding steroid dienone is 4. The van der Waals surface area contributed by atoms with Crippen molar-refractivity contribution in [3.8, 4) is 27.9 Å². The van der Waals surface area contributed by atoms with Gasteiger partial charge in [-0.1, -0.05) is 162 Å². The minimum absolute atomic E-state index is 0.00655. The SMILES string of the molecule is C=CN.CC.CC1(C)c2cc(-c3cccc(-n4c5ccccc5c5ccccc54)c3)ccc2C2C=CC(c3ccc(-c4cccc5cnccc45)cc3)=CC21. The van der Waals surface area contributed by atoms with Crippen molar-refractivity contribution < 1.29 is 0 Å². The molecule has 6 aromatic carbocycles. The summed E-state index contributed by atoms with van der Waals surface area (Å²) in [6.07, 6.45) is 12.4. The van der Waals surface area contributed by atoms with Crippen molar-refractivity contribution in [3.63, 3.8) is 0 Å². The molecule has 10 rings (SSSR count). The van der Waals surface area contributed by atoms with E-state index in [1.807, 2.05) is 26.2 Å². The van der Waals surface area contributed by atoms with Crippen molar-refractivity contribution in [3.05, 3.63) is 200 Å². The van der Waals surface area contributed by atoms with E-state index < -0.39 is 0 Å². The second-order valence-corrected chi connectivity index (χ2v) is 14.7. The third-order valence-corrected chi connectivity index (χ3v) is 11.4. The highest BCUT2D eigenvalue weighted by Crippen LogP contribution is 2.55. The maximum absolute atomic E-state index is 4.61. The van der Waals surface area contributed by atoms with E-state index in [9.17, 15) is 0 Å². The molecule has 2 unspecified atom stereocenters. The molecule has 0 bridgehead atoms. The summed E-state index contributed by atoms with van der Waals surface area (Å²) in [6.45, 7) is 12.0. The number of fused-ring (bicyclic) bond motifs is 7. The zero-order valence-corrected chi connectivity index (χ0v) is 32.1. The smallest absolute Gasteiger partial charge is 0.0541 e. The Labute approximate surface area is 324 Å². The number of benzene rings is 6. The highest BCUT2D eigenvalue weighted by Gasteiger charge is 2.45. The molecule has 8 aromatic rings. The number of hydrogen-bond acceptors (Lipinski definition) is 2. The monoisotopic (exact) mass is 713 g/mol. The molecule has 3 nitrogen and oxygen atoms in total. The van der Waals surface area contributed by atoms with E-state index in [2.05, 4.69) is 193 Å². The Kier molecular flexibility index (Phi) is 9.55. The van der Waals surface area contributed by atoms with Crippen molar-refractivity contribution in [2.75, 3.05) is 0 Å². The second kappa shape index (κ2) is 14.8. The maximum atomic E-state index is 4.61. The Bertz CT molecular complexity index is 2680. The zero-order valence-electron chi connectivity index (χ0n) is 32.1. The van der Waals surface area contributed by atoms with E-state index in [0.717, 1.165) is 0 Å². The van der Waals surface area contributed by atoms with Gasteiger partial charge < -0.3 is 10.3 Å². The van der Waals surface area contributed by atoms with Gasteiger partial charge in [-0.25, -0.2) is 0 Å². The first-order chi connectivity index (χ1) is 27.0. The molecule has 2 aromatic heterocycles. The first-order valence-electron chi connectivity index (χ1n) is 19.4. The largest absolute Gasteiger partial charge is 0.405 e. The van der Waals surface area contributed by atoms with Crippen LogP contribution in [-0.4, -0.2) is 9.55 Å². The summed E-state index contributed by atoms with van der Waals surface area (Å²) >= 11 is 0. The third-order valence-electron chi connectivity index (χ3n) is 11.4. The van der Waals surface area contributed by atoms with Crippen LogP contribution < -0.4 is 5.73 Å². The summed E-state index contributed by atoms with van der Waals surface area (Å²) in [5.41, 5.74) is 18.7. The number of aromatic nitrogens is 2. The second-order valence-electron chi connectivity index (χ2n) is 14.7. The molecule has 55 heavy (non-hydrogen) atoms. The Balaban J connectivity index is 0.000000817. The minimum Gasteiger partial charge on any atom is -0.405 e. The van der Waals surface area contributed by atoms with Crippen molar-refractivity contribution in [1.82, 2.24) is 9.55 Å². The number of nitrogens with two attached hydrogens (primary N) is 1. The van der Waals surface area contributed by atoms with Crippen molar-refractivity contribution in [2.45, 2.75) is 39.0 Å². The molecule has 2 aliphatic carbocycles. The van der Waals surface area contributed by atoms with Gasteiger partial charge in [0.15, 0.2) is 0 Å². The molecule has 3 heteroatoms. The predicted octanol–water partition coefficient (Wildman–Crippen LogP) is 13.4. The van der Waals surface area contributed by atoms with Crippen LogP contribution in [0.5, 0.6) is 0 Å². The van der Waals surface area contributed by atoms with Gasteiger partial charge in [-0.05, 0) is 97.8 Å². The van der Waals surface area contributed by atoms with Crippen LogP contribution in [0.3, 0.4) is 0 Å². The molecular weight excluding hydrogens is 667 g/mol. The number of para-hydroxylation sites is 2. The number of nitrogens with zero attached hydrogens (tertiary/aromatic N) is 2. The van der Waals surface area contributed by atoms with Gasteiger partial charge in [-0.3, -0.25) is 4.98 Å². The molecular formula is C52H47N3. The summed E-state index contributed by atoms with van der Waals surface area (Å²) in [6, 6.07) is 51.3. The molecule has 0 amide bonds. The average molecular weight is 714 g/mol. The standard InChI is InChI=1S/C48H36N2.C2H5N.C2H6/c1-48(2)44-28-34(31-17-19-32(20-18-31)38-14-8-10-36-30-49-26-25-39(36)38)21-23-40(44)41-24-22-35(29-45(41)48)33-9-7-11-37(27-33)50-46-15-5-3-12-42(46)43-13-4-6-16-47(43)50;1-2-3;1-2/h3-30,40,44H,1-2H3;2H,1,3H2;1-2H3. The van der Waals surface area contributed by atoms with Crippen LogP contribution in [0.2, 0.25) is 0 Å². The number of pyridine rings is 1. The molecule has 2 atom stereocenters. The Morgan fingerprint density at radius 3 is 2.04 bits per heavy atom. The van der Waals surface area contributed by atoms with Gasteiger partial charge in [0.2, 0.25) is 0 Å². The molecule has 2 N–H and O–H groups in total. The van der Waals surface area contributed by atoms with Gasteiger partial charge in [-0.15, -0.1) is 0 Å². The lowest BCUT2D eigenvalue weighted by Gasteiger charge is -2.31. The summed E-state index contributed by atoms with van der Waals surface area (Å²) in [4.78, 5) is 4.31. The first kappa shape index (κ1) is 35.6. The van der Waals surface area contributed by atoms with Crippen molar-refractivity contribution in [2.24, 2.45) is 11.7 Å². The molecule has 2 aliphatic rings. The van der Waals surface area contributed by atoms with Gasteiger partial charge in [0.05, 0.1) is 11.0 Å². The highest BCUT2D eigenvalue weighted by molar-refractivity contribution is 6.09. The van der Waals surface area contributed by atoms with E-state index in [4.69, 9.17) is 0 Å². The molecule has 0 saturated carbocycles. The van der Waals surface area contributed by atoms with E-state index in [0.29, 0.717) is 11.8 Å². The van der Waals surface area contributed by atoms with Gasteiger partial charge in [0.25, 0.3) is 0 Å². The summed E-state index contributed by atoms with van der Waals surface area (Å²) in [7, 11) is 0. The molecule has 2 heterocycles. The lowest BCUT2D eigenvalue weighted by Crippen LogP contribution is -2.25. The van der Waals surface area contributed by atoms with Crippen LogP contribution in [0.4, 0.5) is 0 Å². The normalized spacial score (nSPS) is 16.3. The minimum atomic E-state index is -0.00655. The van der Waals surface area contributed by atoms with Crippen molar-refractivity contribution in [1.29, 1.82) is 0 Å². The fraction of sp³-hybridized carbons (Fsp3) is 0.135. The van der Waals surface area contributed by atoms with E-state index >= 15 is 0 Å². The average Bonchev–Trinajstić information content (AvgIpc) is 3.69. The Morgan fingerprint density at radius 2 is 1.31 bits per heavy atom. The van der Waals surface area contributed by atoms with Crippen LogP contribution in [0.15, 0.2) is 183 Å². The number of hydrogen-bond donors (Lipinski definition) is 1. The molecule has 0 aliphatic heterocycles. The lowest BCUT2D eigenvalue weighted by atomic mass is 9.72.